The number of nitrogens with one attached hydrogen (secondary N) is 1. The molecule has 4 heteroatoms. The van der Waals surface area contributed by atoms with E-state index in [1.807, 2.05) is 7.05 Å². The van der Waals surface area contributed by atoms with Gasteiger partial charge in [0, 0.05) is 25.2 Å². The molecule has 0 aromatic carbocycles. The van der Waals surface area contributed by atoms with Gasteiger partial charge >= 0.3 is 5.97 Å². The summed E-state index contributed by atoms with van der Waals surface area (Å²) in [6.45, 7) is 3.97. The van der Waals surface area contributed by atoms with Crippen molar-refractivity contribution >= 4 is 5.97 Å². The molecule has 1 saturated heterocycles. The molecule has 0 aromatic rings. The predicted octanol–water partition coefficient (Wildman–Crippen LogP) is 0.779. The molecule has 3 unspecified atom stereocenters. The number of hydrogen-bond donors (Lipinski definition) is 2. The van der Waals surface area contributed by atoms with Crippen molar-refractivity contribution in [2.75, 3.05) is 20.1 Å². The number of rotatable bonds is 4. The highest BCUT2D eigenvalue weighted by molar-refractivity contribution is 5.70. The van der Waals surface area contributed by atoms with Crippen molar-refractivity contribution in [2.45, 2.75) is 38.3 Å². The molecule has 1 heterocycles. The predicted molar refractivity (Wildman–Crippen MR) is 62.3 cm³/mol. The highest BCUT2D eigenvalue weighted by Crippen LogP contribution is 2.36. The Morgan fingerprint density at radius 1 is 1.44 bits per heavy atom. The highest BCUT2D eigenvalue weighted by Gasteiger charge is 2.38. The molecule has 1 aliphatic heterocycles. The molecule has 0 aromatic heterocycles. The number of nitrogens with zero attached hydrogens (tertiary/aromatic N) is 1. The number of hydrogen-bond acceptors (Lipinski definition) is 3. The van der Waals surface area contributed by atoms with Crippen LogP contribution in [0.3, 0.4) is 0 Å². The molecule has 2 fully saturated rings. The number of carboxylic acid groups (broad SMARTS) is 1. The van der Waals surface area contributed by atoms with E-state index in [0.29, 0.717) is 12.1 Å². The lowest BCUT2D eigenvalue weighted by molar-refractivity contribution is -0.144. The number of likely N-dealkylation sites (N-methyl/N-ethyl adjacent to an activating group) is 1. The Morgan fingerprint density at radius 2 is 2.12 bits per heavy atom. The molecule has 2 rings (SSSR count). The van der Waals surface area contributed by atoms with Crippen molar-refractivity contribution in [2.24, 2.45) is 11.8 Å². The second kappa shape index (κ2) is 4.72. The zero-order valence-electron chi connectivity index (χ0n) is 10.1. The summed E-state index contributed by atoms with van der Waals surface area (Å²) in [5.74, 6) is -0.0367. The van der Waals surface area contributed by atoms with Crippen LogP contribution in [0.5, 0.6) is 0 Å². The van der Waals surface area contributed by atoms with Gasteiger partial charge in [-0.2, -0.15) is 0 Å². The molecule has 2 aliphatic rings. The van der Waals surface area contributed by atoms with Crippen LogP contribution < -0.4 is 5.32 Å². The van der Waals surface area contributed by atoms with E-state index in [2.05, 4.69) is 17.1 Å². The van der Waals surface area contributed by atoms with Gasteiger partial charge in [0.1, 0.15) is 0 Å². The maximum Gasteiger partial charge on any atom is 0.307 e. The molecule has 1 saturated carbocycles. The highest BCUT2D eigenvalue weighted by atomic mass is 16.4. The lowest BCUT2D eigenvalue weighted by atomic mass is 9.92. The summed E-state index contributed by atoms with van der Waals surface area (Å²) in [5.41, 5.74) is 0. The molecule has 0 bridgehead atoms. The van der Waals surface area contributed by atoms with Gasteiger partial charge in [-0.1, -0.05) is 0 Å². The molecule has 0 radical (unpaired) electrons. The molecule has 0 amide bonds. The Morgan fingerprint density at radius 3 is 2.62 bits per heavy atom. The van der Waals surface area contributed by atoms with Crippen LogP contribution in [0.2, 0.25) is 0 Å². The third-order valence-corrected chi connectivity index (χ3v) is 4.12. The maximum absolute atomic E-state index is 11.1. The first-order valence-electron chi connectivity index (χ1n) is 6.26. The van der Waals surface area contributed by atoms with E-state index in [-0.39, 0.29) is 5.92 Å². The summed E-state index contributed by atoms with van der Waals surface area (Å²) in [7, 11) is 1.93. The first-order valence-corrected chi connectivity index (χ1v) is 6.26. The van der Waals surface area contributed by atoms with Crippen LogP contribution in [0.4, 0.5) is 0 Å². The summed E-state index contributed by atoms with van der Waals surface area (Å²) < 4.78 is 0. The van der Waals surface area contributed by atoms with Crippen LogP contribution in [0, 0.1) is 11.8 Å². The number of aliphatic carboxylic acids is 1. The lowest BCUT2D eigenvalue weighted by Gasteiger charge is -2.39. The third kappa shape index (κ3) is 2.55. The van der Waals surface area contributed by atoms with E-state index in [1.165, 1.54) is 12.8 Å². The van der Waals surface area contributed by atoms with Crippen LogP contribution >= 0.6 is 0 Å². The Bertz CT molecular complexity index is 266. The van der Waals surface area contributed by atoms with Crippen molar-refractivity contribution in [3.05, 3.63) is 0 Å². The Kier molecular flexibility index (Phi) is 3.50. The van der Waals surface area contributed by atoms with E-state index in [0.717, 1.165) is 25.4 Å². The molecule has 16 heavy (non-hydrogen) atoms. The second-order valence-electron chi connectivity index (χ2n) is 5.29. The van der Waals surface area contributed by atoms with Crippen molar-refractivity contribution in [3.8, 4) is 0 Å². The monoisotopic (exact) mass is 226 g/mol. The minimum absolute atomic E-state index is 0.201. The zero-order chi connectivity index (χ0) is 11.7. The summed E-state index contributed by atoms with van der Waals surface area (Å²) in [6, 6.07) is 0.883. The van der Waals surface area contributed by atoms with E-state index < -0.39 is 5.97 Å². The number of carbonyl (C=O) groups is 1. The summed E-state index contributed by atoms with van der Waals surface area (Å²) in [5, 5.41) is 12.4. The molecular formula is C12H22N2O2. The molecule has 4 nitrogen and oxygen atoms in total. The lowest BCUT2D eigenvalue weighted by Crippen LogP contribution is -2.53. The first-order chi connectivity index (χ1) is 7.61. The van der Waals surface area contributed by atoms with Gasteiger partial charge in [-0.05, 0) is 39.2 Å². The minimum Gasteiger partial charge on any atom is -0.481 e. The zero-order valence-corrected chi connectivity index (χ0v) is 10.1. The van der Waals surface area contributed by atoms with Crippen molar-refractivity contribution < 1.29 is 9.90 Å². The van der Waals surface area contributed by atoms with E-state index in [4.69, 9.17) is 5.11 Å². The maximum atomic E-state index is 11.1. The average molecular weight is 226 g/mol. The van der Waals surface area contributed by atoms with Crippen LogP contribution in [0.15, 0.2) is 0 Å². The van der Waals surface area contributed by atoms with Gasteiger partial charge in [0.2, 0.25) is 0 Å². The van der Waals surface area contributed by atoms with E-state index in [1.54, 1.807) is 0 Å². The average Bonchev–Trinajstić information content (AvgIpc) is 3.11. The molecule has 2 N–H and O–H groups in total. The standard InChI is InChI=1S/C12H22N2O2/c1-8(9-3-4-9)14-6-10(12(15)16)5-11(7-14)13-2/h8-11,13H,3-7H2,1-2H3,(H,15,16). The Labute approximate surface area is 97.0 Å². The first kappa shape index (κ1) is 11.9. The fourth-order valence-corrected chi connectivity index (χ4v) is 2.73. The minimum atomic E-state index is -0.645. The normalized spacial score (nSPS) is 33.6. The second-order valence-corrected chi connectivity index (χ2v) is 5.29. The van der Waals surface area contributed by atoms with Crippen LogP contribution in [-0.2, 0) is 4.79 Å². The SMILES string of the molecule is CNC1CC(C(=O)O)CN(C(C)C2CC2)C1. The van der Waals surface area contributed by atoms with Gasteiger partial charge in [0.15, 0.2) is 0 Å². The van der Waals surface area contributed by atoms with E-state index >= 15 is 0 Å². The smallest absolute Gasteiger partial charge is 0.307 e. The molecule has 3 atom stereocenters. The summed E-state index contributed by atoms with van der Waals surface area (Å²) >= 11 is 0. The number of piperidine rings is 1. The van der Waals surface area contributed by atoms with Crippen molar-refractivity contribution in [3.63, 3.8) is 0 Å². The van der Waals surface area contributed by atoms with Crippen LogP contribution in [0.1, 0.15) is 26.2 Å². The summed E-state index contributed by atoms with van der Waals surface area (Å²) in [6.07, 6.45) is 3.40. The number of likely N-dealkylation sites (tertiary alicyclic amines) is 1. The molecular weight excluding hydrogens is 204 g/mol. The number of carboxylic acids is 1. The van der Waals surface area contributed by atoms with Crippen LogP contribution in [0.25, 0.3) is 0 Å². The van der Waals surface area contributed by atoms with Gasteiger partial charge in [-0.25, -0.2) is 0 Å². The van der Waals surface area contributed by atoms with Gasteiger partial charge in [-0.3, -0.25) is 9.69 Å². The fourth-order valence-electron chi connectivity index (χ4n) is 2.73. The molecule has 92 valence electrons. The topological polar surface area (TPSA) is 52.6 Å². The molecule has 0 spiro atoms. The fraction of sp³-hybridized carbons (Fsp3) is 0.917. The van der Waals surface area contributed by atoms with E-state index in [9.17, 15) is 4.79 Å². The van der Waals surface area contributed by atoms with Gasteiger partial charge < -0.3 is 10.4 Å². The Balaban J connectivity index is 1.98. The molecule has 1 aliphatic carbocycles. The van der Waals surface area contributed by atoms with Crippen molar-refractivity contribution in [1.82, 2.24) is 10.2 Å². The Hall–Kier alpha value is -0.610. The van der Waals surface area contributed by atoms with Crippen LogP contribution in [-0.4, -0.2) is 48.2 Å². The van der Waals surface area contributed by atoms with Gasteiger partial charge in [0.05, 0.1) is 5.92 Å². The quantitative estimate of drug-likeness (QED) is 0.744. The largest absolute Gasteiger partial charge is 0.481 e. The summed E-state index contributed by atoms with van der Waals surface area (Å²) in [4.78, 5) is 13.5. The van der Waals surface area contributed by atoms with Gasteiger partial charge in [0.25, 0.3) is 0 Å². The van der Waals surface area contributed by atoms with Gasteiger partial charge in [-0.15, -0.1) is 0 Å². The van der Waals surface area contributed by atoms with Crippen molar-refractivity contribution in [1.29, 1.82) is 0 Å². The third-order valence-electron chi connectivity index (χ3n) is 4.12.